The minimum Gasteiger partial charge on any atom is -0.449 e. The molecule has 3 N–H and O–H groups in total. The highest BCUT2D eigenvalue weighted by Gasteiger charge is 2.23. The Kier molecular flexibility index (Phi) is 5.71. The van der Waals surface area contributed by atoms with E-state index in [2.05, 4.69) is 5.32 Å². The zero-order valence-corrected chi connectivity index (χ0v) is 13.8. The summed E-state index contributed by atoms with van der Waals surface area (Å²) in [5, 5.41) is 2.39. The van der Waals surface area contributed by atoms with Crippen molar-refractivity contribution in [3.8, 4) is 0 Å². The molecular formula is C17H14ClFN2O4. The van der Waals surface area contributed by atoms with Crippen LogP contribution in [0.2, 0.25) is 5.02 Å². The third-order valence-electron chi connectivity index (χ3n) is 3.26. The molecule has 0 saturated heterocycles. The number of nitrogens with two attached hydrogens (primary N) is 1. The van der Waals surface area contributed by atoms with E-state index in [1.54, 1.807) is 0 Å². The lowest BCUT2D eigenvalue weighted by atomic mass is 10.2. The van der Waals surface area contributed by atoms with Gasteiger partial charge in [0.1, 0.15) is 11.4 Å². The molecule has 0 bridgehead atoms. The van der Waals surface area contributed by atoms with E-state index in [-0.39, 0.29) is 10.6 Å². The number of nitrogens with one attached hydrogen (secondary N) is 1. The quantitative estimate of drug-likeness (QED) is 0.797. The van der Waals surface area contributed by atoms with Gasteiger partial charge in [0.15, 0.2) is 6.10 Å². The summed E-state index contributed by atoms with van der Waals surface area (Å²) in [6.45, 7) is 1.33. The van der Waals surface area contributed by atoms with Crippen LogP contribution in [0.5, 0.6) is 0 Å². The summed E-state index contributed by atoms with van der Waals surface area (Å²) >= 11 is 5.78. The highest BCUT2D eigenvalue weighted by atomic mass is 35.5. The fourth-order valence-corrected chi connectivity index (χ4v) is 2.17. The van der Waals surface area contributed by atoms with Gasteiger partial charge in [-0.25, -0.2) is 9.18 Å². The van der Waals surface area contributed by atoms with Gasteiger partial charge in [0, 0.05) is 11.3 Å². The van der Waals surface area contributed by atoms with Crippen molar-refractivity contribution in [3.05, 3.63) is 64.4 Å². The maximum atomic E-state index is 13.7. The fraction of sp³-hybridized carbons (Fsp3) is 0.118. The van der Waals surface area contributed by atoms with Crippen LogP contribution >= 0.6 is 11.6 Å². The van der Waals surface area contributed by atoms with Gasteiger partial charge in [0.25, 0.3) is 5.91 Å². The number of carbonyl (C=O) groups is 3. The molecule has 0 aliphatic carbocycles. The van der Waals surface area contributed by atoms with E-state index in [1.807, 2.05) is 0 Å². The van der Waals surface area contributed by atoms with E-state index >= 15 is 0 Å². The smallest absolute Gasteiger partial charge is 0.343 e. The Balaban J connectivity index is 2.02. The predicted octanol–water partition coefficient (Wildman–Crippen LogP) is 2.76. The average molecular weight is 365 g/mol. The second kappa shape index (κ2) is 7.76. The van der Waals surface area contributed by atoms with E-state index in [1.165, 1.54) is 43.3 Å². The molecule has 6 nitrogen and oxygen atoms in total. The maximum absolute atomic E-state index is 13.7. The van der Waals surface area contributed by atoms with Gasteiger partial charge < -0.3 is 15.8 Å². The lowest BCUT2D eigenvalue weighted by Crippen LogP contribution is -2.30. The zero-order valence-electron chi connectivity index (χ0n) is 13.1. The minimum absolute atomic E-state index is 0.111. The molecule has 130 valence electrons. The van der Waals surface area contributed by atoms with Gasteiger partial charge in [-0.05, 0) is 43.3 Å². The third-order valence-corrected chi connectivity index (χ3v) is 3.57. The number of ether oxygens (including phenoxy) is 1. The minimum atomic E-state index is -1.20. The number of halogens is 2. The molecular weight excluding hydrogens is 351 g/mol. The lowest BCUT2D eigenvalue weighted by molar-refractivity contribution is -0.123. The Morgan fingerprint density at radius 3 is 2.36 bits per heavy atom. The highest BCUT2D eigenvalue weighted by molar-refractivity contribution is 6.33. The summed E-state index contributed by atoms with van der Waals surface area (Å²) in [5.74, 6) is -3.11. The second-order valence-corrected chi connectivity index (χ2v) is 5.48. The first kappa shape index (κ1) is 18.4. The van der Waals surface area contributed by atoms with Crippen LogP contribution < -0.4 is 11.1 Å². The van der Waals surface area contributed by atoms with E-state index in [0.29, 0.717) is 5.69 Å². The first-order chi connectivity index (χ1) is 11.8. The number of hydrogen-bond acceptors (Lipinski definition) is 4. The highest BCUT2D eigenvalue weighted by Crippen LogP contribution is 2.20. The lowest BCUT2D eigenvalue weighted by Gasteiger charge is -2.14. The number of carbonyl (C=O) groups excluding carboxylic acids is 3. The first-order valence-corrected chi connectivity index (χ1v) is 7.53. The number of hydrogen-bond donors (Lipinski definition) is 2. The summed E-state index contributed by atoms with van der Waals surface area (Å²) in [5.41, 5.74) is 5.35. The molecule has 2 rings (SSSR count). The maximum Gasteiger partial charge on any atom is 0.343 e. The average Bonchev–Trinajstić information content (AvgIpc) is 2.55. The Morgan fingerprint density at radius 1 is 1.16 bits per heavy atom. The summed E-state index contributed by atoms with van der Waals surface area (Å²) in [4.78, 5) is 35.0. The number of primary amides is 1. The van der Waals surface area contributed by atoms with Crippen LogP contribution in [0.1, 0.15) is 27.6 Å². The van der Waals surface area contributed by atoms with E-state index in [9.17, 15) is 18.8 Å². The van der Waals surface area contributed by atoms with Gasteiger partial charge >= 0.3 is 5.97 Å². The van der Waals surface area contributed by atoms with Crippen LogP contribution in [0.25, 0.3) is 0 Å². The molecule has 0 saturated carbocycles. The summed E-state index contributed by atoms with van der Waals surface area (Å²) in [6, 6.07) is 9.57. The Hall–Kier alpha value is -2.93. The monoisotopic (exact) mass is 364 g/mol. The largest absolute Gasteiger partial charge is 0.449 e. The van der Waals surface area contributed by atoms with Crippen molar-refractivity contribution >= 4 is 35.1 Å². The number of esters is 1. The topological polar surface area (TPSA) is 98.5 Å². The Morgan fingerprint density at radius 2 is 1.80 bits per heavy atom. The van der Waals surface area contributed by atoms with E-state index in [4.69, 9.17) is 22.1 Å². The van der Waals surface area contributed by atoms with Gasteiger partial charge in [-0.1, -0.05) is 17.7 Å². The van der Waals surface area contributed by atoms with Crippen LogP contribution in [0.3, 0.4) is 0 Å². The molecule has 0 aromatic heterocycles. The van der Waals surface area contributed by atoms with Crippen molar-refractivity contribution < 1.29 is 23.5 Å². The summed E-state index contributed by atoms with van der Waals surface area (Å²) in [7, 11) is 0. The molecule has 0 unspecified atom stereocenters. The third kappa shape index (κ3) is 4.54. The summed E-state index contributed by atoms with van der Waals surface area (Å²) in [6.07, 6.45) is -1.20. The fourth-order valence-electron chi connectivity index (χ4n) is 1.93. The Bertz CT molecular complexity index is 804. The van der Waals surface area contributed by atoms with Crippen molar-refractivity contribution in [3.63, 3.8) is 0 Å². The van der Waals surface area contributed by atoms with Crippen molar-refractivity contribution in [2.24, 2.45) is 5.73 Å². The second-order valence-electron chi connectivity index (χ2n) is 5.08. The Labute approximate surface area is 147 Å². The van der Waals surface area contributed by atoms with Crippen molar-refractivity contribution in [2.75, 3.05) is 5.32 Å². The van der Waals surface area contributed by atoms with Crippen molar-refractivity contribution in [1.29, 1.82) is 0 Å². The molecule has 0 radical (unpaired) electrons. The standard InChI is InChI=1S/C17H14ClFN2O4/c1-9(25-17(24)14-12(18)3-2-4-13(14)19)16(23)21-11-7-5-10(6-8-11)15(20)22/h2-9H,1H3,(H2,20,22)(H,21,23)/t9-/m0/s1. The van der Waals surface area contributed by atoms with E-state index in [0.717, 1.165) is 6.07 Å². The van der Waals surface area contributed by atoms with Crippen LogP contribution in [-0.2, 0) is 9.53 Å². The number of benzene rings is 2. The molecule has 2 amide bonds. The molecule has 0 aliphatic heterocycles. The first-order valence-electron chi connectivity index (χ1n) is 7.15. The van der Waals surface area contributed by atoms with Crippen LogP contribution in [0.15, 0.2) is 42.5 Å². The zero-order chi connectivity index (χ0) is 18.6. The van der Waals surface area contributed by atoms with Gasteiger partial charge in [-0.3, -0.25) is 9.59 Å². The van der Waals surface area contributed by atoms with Crippen molar-refractivity contribution in [2.45, 2.75) is 13.0 Å². The SMILES string of the molecule is C[C@H](OC(=O)c1c(F)cccc1Cl)C(=O)Nc1ccc(C(N)=O)cc1. The van der Waals surface area contributed by atoms with Crippen molar-refractivity contribution in [1.82, 2.24) is 0 Å². The van der Waals surface area contributed by atoms with Crippen LogP contribution in [0.4, 0.5) is 10.1 Å². The normalized spacial score (nSPS) is 11.5. The molecule has 25 heavy (non-hydrogen) atoms. The van der Waals surface area contributed by atoms with Gasteiger partial charge in [0.05, 0.1) is 5.02 Å². The molecule has 0 spiro atoms. The molecule has 0 aliphatic rings. The number of anilines is 1. The molecule has 2 aromatic carbocycles. The molecule has 8 heteroatoms. The molecule has 1 atom stereocenters. The van der Waals surface area contributed by atoms with Crippen LogP contribution in [-0.4, -0.2) is 23.9 Å². The summed E-state index contributed by atoms with van der Waals surface area (Å²) < 4.78 is 18.6. The number of amides is 2. The van der Waals surface area contributed by atoms with Gasteiger partial charge in [0.2, 0.25) is 5.91 Å². The van der Waals surface area contributed by atoms with Crippen LogP contribution in [0, 0.1) is 5.82 Å². The van der Waals surface area contributed by atoms with E-state index < -0.39 is 35.3 Å². The molecule has 0 fully saturated rings. The molecule has 0 heterocycles. The van der Waals surface area contributed by atoms with Gasteiger partial charge in [-0.15, -0.1) is 0 Å². The molecule has 2 aromatic rings. The van der Waals surface area contributed by atoms with Gasteiger partial charge in [-0.2, -0.15) is 0 Å². The predicted molar refractivity (Wildman–Crippen MR) is 89.9 cm³/mol. The number of rotatable bonds is 5.